The SMILES string of the molecule is C[C@@H](c1ccccc1)N([C@@H](C)c1ccccc1)[PH+]1Oc2cccc3c2-c2c(cccc2O[PH+](N([C@@H](C)c2ccccc2)[C@@H](C)c2ccccc2)O3)O1. The molecule has 0 radical (unpaired) electrons. The van der Waals surface area contributed by atoms with Crippen molar-refractivity contribution < 1.29 is 18.1 Å². The molecule has 0 fully saturated rings. The lowest BCUT2D eigenvalue weighted by Gasteiger charge is -2.32. The molecular formula is C44H44N2O4P2+2. The molecule has 0 aromatic heterocycles. The molecule has 4 atom stereocenters. The van der Waals surface area contributed by atoms with E-state index in [1.54, 1.807) is 0 Å². The standard InChI is InChI=1S/C44H42N2O4P2/c1-31(35-19-9-5-10-20-35)45(32(2)36-21-11-6-12-22-36)51-47-39-27-17-29-41-43(39)44-40(48-51)28-18-30-42(44)50-52(49-41)46(33(3)37-23-13-7-14-24-37)34(4)38-25-15-8-16-26-38/h5-34H,1-4H3/p+2/t31-,32-,33-,34-,51?,52?/m0/s1. The zero-order chi connectivity index (χ0) is 35.6. The average Bonchev–Trinajstić information content (AvgIpc) is 3.48. The number of rotatable bonds is 10. The number of benzene rings is 6. The summed E-state index contributed by atoms with van der Waals surface area (Å²) in [5.74, 6) is 2.92. The first-order valence-electron chi connectivity index (χ1n) is 18.0. The van der Waals surface area contributed by atoms with E-state index >= 15 is 0 Å². The predicted octanol–water partition coefficient (Wildman–Crippen LogP) is 12.5. The van der Waals surface area contributed by atoms with Crippen molar-refractivity contribution in [3.05, 3.63) is 180 Å². The summed E-state index contributed by atoms with van der Waals surface area (Å²) in [4.78, 5) is 0. The van der Waals surface area contributed by atoms with Gasteiger partial charge in [-0.05, 0) is 74.2 Å². The lowest BCUT2D eigenvalue weighted by molar-refractivity contribution is 0.246. The second kappa shape index (κ2) is 15.1. The molecule has 8 rings (SSSR count). The van der Waals surface area contributed by atoms with Gasteiger partial charge < -0.3 is 0 Å². The van der Waals surface area contributed by atoms with E-state index in [1.165, 1.54) is 22.3 Å². The topological polar surface area (TPSA) is 43.4 Å². The first-order valence-corrected chi connectivity index (χ1v) is 20.5. The lowest BCUT2D eigenvalue weighted by Crippen LogP contribution is -2.29. The molecule has 52 heavy (non-hydrogen) atoms. The van der Waals surface area contributed by atoms with Crippen LogP contribution in [-0.4, -0.2) is 9.34 Å². The summed E-state index contributed by atoms with van der Waals surface area (Å²) in [6.07, 6.45) is 0. The molecule has 0 aliphatic carbocycles. The Morgan fingerprint density at radius 3 is 0.788 bits per heavy atom. The summed E-state index contributed by atoms with van der Waals surface area (Å²) < 4.78 is 33.2. The minimum atomic E-state index is -2.16. The van der Waals surface area contributed by atoms with Crippen molar-refractivity contribution in [3.63, 3.8) is 0 Å². The molecule has 2 aliphatic rings. The zero-order valence-corrected chi connectivity index (χ0v) is 31.8. The Kier molecular flexibility index (Phi) is 9.99. The third-order valence-electron chi connectivity index (χ3n) is 10.2. The Morgan fingerprint density at radius 1 is 0.327 bits per heavy atom. The van der Waals surface area contributed by atoms with Crippen LogP contribution in [0.1, 0.15) is 74.1 Å². The van der Waals surface area contributed by atoms with Gasteiger partial charge in [0, 0.05) is 0 Å². The van der Waals surface area contributed by atoms with Crippen molar-refractivity contribution in [1.29, 1.82) is 0 Å². The molecule has 0 bridgehead atoms. The van der Waals surface area contributed by atoms with Crippen LogP contribution >= 0.6 is 17.1 Å². The van der Waals surface area contributed by atoms with Gasteiger partial charge in [-0.1, -0.05) is 133 Å². The van der Waals surface area contributed by atoms with Gasteiger partial charge in [-0.2, -0.15) is 0 Å². The van der Waals surface area contributed by atoms with E-state index in [9.17, 15) is 0 Å². The molecule has 0 N–H and O–H groups in total. The number of nitrogens with zero attached hydrogens (tertiary/aromatic N) is 2. The van der Waals surface area contributed by atoms with Gasteiger partial charge >= 0.3 is 17.1 Å². The molecule has 0 amide bonds. The second-order valence-electron chi connectivity index (χ2n) is 13.4. The van der Waals surface area contributed by atoms with Crippen LogP contribution < -0.4 is 18.1 Å². The van der Waals surface area contributed by atoms with E-state index in [4.69, 9.17) is 18.1 Å². The second-order valence-corrected chi connectivity index (χ2v) is 16.3. The third kappa shape index (κ3) is 6.69. The Labute approximate surface area is 309 Å². The zero-order valence-electron chi connectivity index (χ0n) is 29.8. The van der Waals surface area contributed by atoms with Gasteiger partial charge in [0.1, 0.15) is 0 Å². The van der Waals surface area contributed by atoms with Crippen molar-refractivity contribution in [2.45, 2.75) is 51.9 Å². The van der Waals surface area contributed by atoms with Crippen LogP contribution in [0.3, 0.4) is 0 Å². The minimum Gasteiger partial charge on any atom is -0.292 e. The van der Waals surface area contributed by atoms with Crippen LogP contribution in [0.25, 0.3) is 11.1 Å². The maximum absolute atomic E-state index is 7.11. The number of hydrogen-bond donors (Lipinski definition) is 0. The fourth-order valence-corrected chi connectivity index (χ4v) is 11.2. The summed E-state index contributed by atoms with van der Waals surface area (Å²) in [5.41, 5.74) is 6.52. The largest absolute Gasteiger partial charge is 0.428 e. The van der Waals surface area contributed by atoms with Crippen molar-refractivity contribution in [3.8, 4) is 34.1 Å². The van der Waals surface area contributed by atoms with Crippen molar-refractivity contribution in [2.75, 3.05) is 0 Å². The molecule has 8 heteroatoms. The average molecular weight is 727 g/mol. The molecule has 6 aromatic rings. The van der Waals surface area contributed by atoms with Gasteiger partial charge in [-0.25, -0.2) is 0 Å². The molecule has 2 heterocycles. The van der Waals surface area contributed by atoms with E-state index in [0.717, 1.165) is 34.1 Å². The summed E-state index contributed by atoms with van der Waals surface area (Å²) in [5, 5.41) is 0. The Bertz CT molecular complexity index is 1810. The molecular weight excluding hydrogens is 682 g/mol. The maximum atomic E-state index is 7.11. The fraction of sp³-hybridized carbons (Fsp3) is 0.182. The predicted molar refractivity (Wildman–Crippen MR) is 214 cm³/mol. The molecule has 6 aromatic carbocycles. The van der Waals surface area contributed by atoms with Crippen LogP contribution in [0.4, 0.5) is 0 Å². The first-order chi connectivity index (χ1) is 25.5. The molecule has 0 saturated heterocycles. The quantitative estimate of drug-likeness (QED) is 0.131. The highest BCUT2D eigenvalue weighted by Gasteiger charge is 2.48. The van der Waals surface area contributed by atoms with Gasteiger partial charge in [0.2, 0.25) is 0 Å². The highest BCUT2D eigenvalue weighted by molar-refractivity contribution is 7.46. The molecule has 0 unspecified atom stereocenters. The normalized spacial score (nSPS) is 16.2. The van der Waals surface area contributed by atoms with Crippen LogP contribution in [0.15, 0.2) is 158 Å². The highest BCUT2D eigenvalue weighted by atomic mass is 31.2. The van der Waals surface area contributed by atoms with Crippen molar-refractivity contribution in [2.24, 2.45) is 0 Å². The smallest absolute Gasteiger partial charge is 0.292 e. The van der Waals surface area contributed by atoms with Crippen molar-refractivity contribution in [1.82, 2.24) is 9.34 Å². The molecule has 6 nitrogen and oxygen atoms in total. The first kappa shape index (κ1) is 34.4. The Hall–Kier alpha value is -4.70. The van der Waals surface area contributed by atoms with E-state index < -0.39 is 17.1 Å². The summed E-state index contributed by atoms with van der Waals surface area (Å²) in [7, 11) is -4.33. The van der Waals surface area contributed by atoms with Gasteiger partial charge in [0.05, 0.1) is 35.3 Å². The molecule has 0 spiro atoms. The maximum Gasteiger partial charge on any atom is 0.428 e. The minimum absolute atomic E-state index is 0.00406. The van der Waals surface area contributed by atoms with E-state index in [-0.39, 0.29) is 24.2 Å². The van der Waals surface area contributed by atoms with Crippen molar-refractivity contribution >= 4 is 17.1 Å². The Morgan fingerprint density at radius 2 is 0.558 bits per heavy atom. The molecule has 0 saturated carbocycles. The molecule has 2 aliphatic heterocycles. The van der Waals surface area contributed by atoms with Crippen LogP contribution in [0.5, 0.6) is 23.0 Å². The summed E-state index contributed by atoms with van der Waals surface area (Å²) in [6, 6.07) is 54.5. The van der Waals surface area contributed by atoms with Gasteiger partial charge in [-0.3, -0.25) is 18.1 Å². The highest BCUT2D eigenvalue weighted by Crippen LogP contribution is 2.65. The molecule has 262 valence electrons. The summed E-state index contributed by atoms with van der Waals surface area (Å²) >= 11 is 0. The monoisotopic (exact) mass is 726 g/mol. The van der Waals surface area contributed by atoms with Crippen LogP contribution in [0.2, 0.25) is 0 Å². The van der Waals surface area contributed by atoms with Crippen LogP contribution in [-0.2, 0) is 0 Å². The van der Waals surface area contributed by atoms with E-state index in [0.29, 0.717) is 0 Å². The van der Waals surface area contributed by atoms with Gasteiger partial charge in [0.15, 0.2) is 23.0 Å². The van der Waals surface area contributed by atoms with Crippen LogP contribution in [0, 0.1) is 0 Å². The van der Waals surface area contributed by atoms with Gasteiger partial charge in [0.25, 0.3) is 0 Å². The summed E-state index contributed by atoms with van der Waals surface area (Å²) in [6.45, 7) is 8.94. The lowest BCUT2D eigenvalue weighted by atomic mass is 10.0. The van der Waals surface area contributed by atoms with E-state index in [2.05, 4.69) is 158 Å². The Balaban J connectivity index is 1.22. The van der Waals surface area contributed by atoms with E-state index in [1.807, 2.05) is 36.4 Å². The fourth-order valence-electron chi connectivity index (χ4n) is 7.36. The third-order valence-corrected chi connectivity index (χ3v) is 14.2. The van der Waals surface area contributed by atoms with Gasteiger partial charge in [-0.15, -0.1) is 9.34 Å². The number of hydrogen-bond acceptors (Lipinski definition) is 6.